The van der Waals surface area contributed by atoms with Crippen molar-refractivity contribution < 1.29 is 0 Å². The van der Waals surface area contributed by atoms with Gasteiger partial charge in [0.15, 0.2) is 0 Å². The molecule has 97 heavy (non-hydrogen) atoms. The molecule has 0 spiro atoms. The van der Waals surface area contributed by atoms with Crippen molar-refractivity contribution in [1.82, 2.24) is 34.5 Å². The third-order valence-corrected chi connectivity index (χ3v) is 18.6. The van der Waals surface area contributed by atoms with Gasteiger partial charge in [-0.3, -0.25) is 4.57 Å². The quantitative estimate of drug-likeness (QED) is 0.106. The van der Waals surface area contributed by atoms with E-state index in [1.807, 2.05) is 24.3 Å². The van der Waals surface area contributed by atoms with Crippen LogP contribution in [0.3, 0.4) is 0 Å². The highest BCUT2D eigenvalue weighted by atomic mass is 15.1. The van der Waals surface area contributed by atoms with E-state index in [1.54, 1.807) is 0 Å². The SMILES string of the molecule is c1ccc(-c2c3ccccc3nc3c2ccc2ccc(-c4ccc(-c5ccc(-n6c(-c7ccccc7)nc7ccccc76)cc5)cc4)nc23)cc1.c1ccc(-c2c3ccccc3nc3c2ccc2ccc(-c4cccc(-c5ccc(-c6ccc7ccccc7n6)cc5)c4)nc23)cc1. The van der Waals surface area contributed by atoms with Gasteiger partial charge in [-0.15, -0.1) is 0 Å². The first-order valence-corrected chi connectivity index (χ1v) is 32.7. The normalized spacial score (nSPS) is 11.5. The summed E-state index contributed by atoms with van der Waals surface area (Å²) in [6, 6.07) is 121. The van der Waals surface area contributed by atoms with Gasteiger partial charge in [0.05, 0.1) is 66.7 Å². The number of nitrogens with zero attached hydrogens (tertiary/aromatic N) is 7. The molecule has 7 nitrogen and oxygen atoms in total. The minimum absolute atomic E-state index is 0.912. The van der Waals surface area contributed by atoms with Gasteiger partial charge in [-0.05, 0) is 100 Å². The predicted octanol–water partition coefficient (Wildman–Crippen LogP) is 23.1. The van der Waals surface area contributed by atoms with Crippen molar-refractivity contribution >= 4 is 87.4 Å². The molecule has 6 heterocycles. The molecule has 0 N–H and O–H groups in total. The lowest BCUT2D eigenvalue weighted by atomic mass is 9.95. The van der Waals surface area contributed by atoms with Crippen LogP contribution in [-0.4, -0.2) is 34.5 Å². The zero-order chi connectivity index (χ0) is 64.2. The average Bonchev–Trinajstić information content (AvgIpc) is 1.40. The molecule has 452 valence electrons. The smallest absolute Gasteiger partial charge is 0.145 e. The van der Waals surface area contributed by atoms with Crippen molar-refractivity contribution in [3.8, 4) is 95.4 Å². The molecule has 0 amide bonds. The van der Waals surface area contributed by atoms with Crippen LogP contribution in [0.25, 0.3) is 183 Å². The fraction of sp³-hybridized carbons (Fsp3) is 0. The minimum atomic E-state index is 0.912. The molecule has 0 radical (unpaired) electrons. The second kappa shape index (κ2) is 24.1. The van der Waals surface area contributed by atoms with Crippen LogP contribution in [0.2, 0.25) is 0 Å². The Hall–Kier alpha value is -13.1. The van der Waals surface area contributed by atoms with E-state index in [9.17, 15) is 0 Å². The Morgan fingerprint density at radius 3 is 1.16 bits per heavy atom. The first kappa shape index (κ1) is 56.6. The average molecular weight is 1240 g/mol. The number of aromatic nitrogens is 7. The van der Waals surface area contributed by atoms with E-state index in [4.69, 9.17) is 29.9 Å². The number of pyridine rings is 5. The van der Waals surface area contributed by atoms with Crippen molar-refractivity contribution in [3.05, 3.63) is 346 Å². The molecule has 6 aromatic heterocycles. The van der Waals surface area contributed by atoms with Gasteiger partial charge in [-0.2, -0.15) is 0 Å². The maximum absolute atomic E-state index is 5.26. The van der Waals surface area contributed by atoms with E-state index in [2.05, 4.69) is 326 Å². The van der Waals surface area contributed by atoms with Gasteiger partial charge in [0.25, 0.3) is 0 Å². The summed E-state index contributed by atoms with van der Waals surface area (Å²) >= 11 is 0. The van der Waals surface area contributed by atoms with Gasteiger partial charge in [-0.25, -0.2) is 29.9 Å². The third kappa shape index (κ3) is 10.4. The van der Waals surface area contributed by atoms with Crippen molar-refractivity contribution in [1.29, 1.82) is 0 Å². The molecule has 13 aromatic carbocycles. The van der Waals surface area contributed by atoms with Gasteiger partial charge < -0.3 is 0 Å². The standard InChI is InChI=1S/C47H30N4.C43H27N3/c1-3-11-34(12-4-1)44-38-15-7-8-16-41(38)49-46-39(44)29-25-35-26-30-40(48-45(35)46)33-21-19-31(20-22-33)32-23-27-37(28-24-32)51-43-18-10-9-17-42(43)50-47(51)36-13-5-2-6-14-36;1-2-10-31(11-3-1)41-35-14-5-7-16-40(35)46-43-36(41)24-21-32-23-26-39(45-42(32)43)34-13-8-12-33(27-34)28-17-19-30(20-18-28)38-25-22-29-9-4-6-15-37(29)44-38/h1-30H;1-27H. The molecule has 19 aromatic rings. The van der Waals surface area contributed by atoms with Crippen LogP contribution in [-0.2, 0) is 0 Å². The van der Waals surface area contributed by atoms with Crippen LogP contribution in [0.1, 0.15) is 0 Å². The number of hydrogen-bond donors (Lipinski definition) is 0. The summed E-state index contributed by atoms with van der Waals surface area (Å²) in [4.78, 5) is 30.7. The molecule has 0 saturated carbocycles. The van der Waals surface area contributed by atoms with E-state index < -0.39 is 0 Å². The highest BCUT2D eigenvalue weighted by Crippen LogP contribution is 2.41. The zero-order valence-corrected chi connectivity index (χ0v) is 52.5. The molecule has 0 aliphatic heterocycles. The third-order valence-electron chi connectivity index (χ3n) is 18.6. The fourth-order valence-electron chi connectivity index (χ4n) is 13.8. The molecule has 0 unspecified atom stereocenters. The number of hydrogen-bond acceptors (Lipinski definition) is 6. The van der Waals surface area contributed by atoms with Crippen LogP contribution < -0.4 is 0 Å². The topological polar surface area (TPSA) is 82.3 Å². The summed E-state index contributed by atoms with van der Waals surface area (Å²) in [6.07, 6.45) is 0. The van der Waals surface area contributed by atoms with Crippen LogP contribution in [0.4, 0.5) is 0 Å². The summed E-state index contributed by atoms with van der Waals surface area (Å²) < 4.78 is 2.24. The Kier molecular flexibility index (Phi) is 14.1. The van der Waals surface area contributed by atoms with Crippen molar-refractivity contribution in [3.63, 3.8) is 0 Å². The summed E-state index contributed by atoms with van der Waals surface area (Å²) in [7, 11) is 0. The molecular weight excluding hydrogens is 1180 g/mol. The first-order valence-electron chi connectivity index (χ1n) is 32.7. The van der Waals surface area contributed by atoms with Crippen molar-refractivity contribution in [2.45, 2.75) is 0 Å². The highest BCUT2D eigenvalue weighted by molar-refractivity contribution is 6.17. The monoisotopic (exact) mass is 1240 g/mol. The van der Waals surface area contributed by atoms with Crippen molar-refractivity contribution in [2.75, 3.05) is 0 Å². The molecule has 7 heteroatoms. The lowest BCUT2D eigenvalue weighted by Crippen LogP contribution is -1.97. The Balaban J connectivity index is 0.000000142. The van der Waals surface area contributed by atoms with E-state index in [1.165, 1.54) is 22.3 Å². The summed E-state index contributed by atoms with van der Waals surface area (Å²) in [6.45, 7) is 0. The van der Waals surface area contributed by atoms with E-state index >= 15 is 0 Å². The molecule has 0 aliphatic carbocycles. The lowest BCUT2D eigenvalue weighted by Gasteiger charge is -2.13. The predicted molar refractivity (Wildman–Crippen MR) is 403 cm³/mol. The number of benzene rings is 13. The number of imidazole rings is 1. The van der Waals surface area contributed by atoms with Crippen LogP contribution in [0.5, 0.6) is 0 Å². The lowest BCUT2D eigenvalue weighted by molar-refractivity contribution is 1.10. The Bertz CT molecular complexity index is 6210. The molecular formula is C90H57N7. The zero-order valence-electron chi connectivity index (χ0n) is 52.5. The number of fused-ring (bicyclic) bond motifs is 10. The molecule has 0 fully saturated rings. The second-order valence-electron chi connectivity index (χ2n) is 24.5. The summed E-state index contributed by atoms with van der Waals surface area (Å²) in [5.41, 5.74) is 26.2. The Labute approximate surface area is 559 Å². The van der Waals surface area contributed by atoms with Crippen LogP contribution in [0, 0.1) is 0 Å². The van der Waals surface area contributed by atoms with Gasteiger partial charge in [-0.1, -0.05) is 279 Å². The molecule has 0 bridgehead atoms. The molecule has 0 aliphatic rings. The first-order chi connectivity index (χ1) is 48.1. The maximum Gasteiger partial charge on any atom is 0.145 e. The van der Waals surface area contributed by atoms with E-state index in [-0.39, 0.29) is 0 Å². The fourth-order valence-corrected chi connectivity index (χ4v) is 13.8. The summed E-state index contributed by atoms with van der Waals surface area (Å²) in [5.74, 6) is 0.934. The highest BCUT2D eigenvalue weighted by Gasteiger charge is 2.19. The number of para-hydroxylation sites is 5. The van der Waals surface area contributed by atoms with E-state index in [0.717, 1.165) is 160 Å². The number of rotatable bonds is 9. The molecule has 0 saturated heterocycles. The minimum Gasteiger partial charge on any atom is -0.292 e. The van der Waals surface area contributed by atoms with Gasteiger partial charge in [0, 0.05) is 76.8 Å². The maximum atomic E-state index is 5.26. The van der Waals surface area contributed by atoms with E-state index in [0.29, 0.717) is 0 Å². The molecule has 0 atom stereocenters. The van der Waals surface area contributed by atoms with Gasteiger partial charge in [0.2, 0.25) is 0 Å². The van der Waals surface area contributed by atoms with Crippen LogP contribution in [0.15, 0.2) is 346 Å². The Morgan fingerprint density at radius 2 is 0.598 bits per heavy atom. The summed E-state index contributed by atoms with van der Waals surface area (Å²) in [5, 5.41) is 7.80. The molecule has 19 rings (SSSR count). The Morgan fingerprint density at radius 1 is 0.196 bits per heavy atom. The largest absolute Gasteiger partial charge is 0.292 e. The van der Waals surface area contributed by atoms with Gasteiger partial charge in [0.1, 0.15) is 5.82 Å². The van der Waals surface area contributed by atoms with Crippen LogP contribution >= 0.6 is 0 Å². The van der Waals surface area contributed by atoms with Gasteiger partial charge >= 0.3 is 0 Å². The second-order valence-corrected chi connectivity index (χ2v) is 24.5. The van der Waals surface area contributed by atoms with Crippen molar-refractivity contribution in [2.24, 2.45) is 0 Å².